The largest absolute Gasteiger partial charge is 0.338 e. The van der Waals surface area contributed by atoms with Crippen molar-refractivity contribution in [3.63, 3.8) is 0 Å². The van der Waals surface area contributed by atoms with Gasteiger partial charge in [0.05, 0.1) is 11.9 Å². The first-order valence-electron chi connectivity index (χ1n) is 7.86. The van der Waals surface area contributed by atoms with Crippen molar-refractivity contribution in [2.24, 2.45) is 0 Å². The van der Waals surface area contributed by atoms with Gasteiger partial charge >= 0.3 is 0 Å². The minimum atomic E-state index is -0.329. The van der Waals surface area contributed by atoms with Crippen LogP contribution in [-0.4, -0.2) is 52.1 Å². The Kier molecular flexibility index (Phi) is 5.00. The lowest BCUT2D eigenvalue weighted by atomic mass is 9.99. The molecule has 0 aromatic heterocycles. The molecule has 2 amide bonds. The molecule has 0 saturated carbocycles. The molecule has 1 aromatic rings. The first-order valence-corrected chi connectivity index (χ1v) is 9.01. The van der Waals surface area contributed by atoms with Crippen LogP contribution in [-0.2, 0) is 27.3 Å². The van der Waals surface area contributed by atoms with Gasteiger partial charge in [-0.05, 0) is 17.5 Å². The van der Waals surface area contributed by atoms with Crippen LogP contribution in [0.4, 0.5) is 0 Å². The summed E-state index contributed by atoms with van der Waals surface area (Å²) >= 11 is 1.58. The Hall–Kier alpha value is -1.82. The number of aldehydes is 1. The monoisotopic (exact) mass is 332 g/mol. The summed E-state index contributed by atoms with van der Waals surface area (Å²) in [4.78, 5) is 38.9. The van der Waals surface area contributed by atoms with Crippen LogP contribution in [0.1, 0.15) is 24.0 Å². The quantitative estimate of drug-likeness (QED) is 0.783. The summed E-state index contributed by atoms with van der Waals surface area (Å²) in [7, 11) is 0. The number of amides is 2. The molecule has 0 unspecified atom stereocenters. The number of benzene rings is 1. The molecule has 1 aromatic carbocycles. The zero-order chi connectivity index (χ0) is 16.2. The maximum absolute atomic E-state index is 12.4. The van der Waals surface area contributed by atoms with Crippen LogP contribution in [0, 0.1) is 0 Å². The third-order valence-electron chi connectivity index (χ3n) is 4.43. The van der Waals surface area contributed by atoms with Crippen molar-refractivity contribution in [1.82, 2.24) is 9.80 Å². The van der Waals surface area contributed by atoms with Crippen molar-refractivity contribution in [3.05, 3.63) is 35.4 Å². The molecular formula is C17H20N2O3S. The maximum atomic E-state index is 12.4. The third-order valence-corrected chi connectivity index (χ3v) is 5.47. The summed E-state index contributed by atoms with van der Waals surface area (Å²) in [5.74, 6) is 1.12. The second-order valence-electron chi connectivity index (χ2n) is 5.90. The van der Waals surface area contributed by atoms with Crippen LogP contribution in [0.25, 0.3) is 0 Å². The lowest BCUT2D eigenvalue weighted by molar-refractivity contribution is -0.138. The average molecular weight is 332 g/mol. The fourth-order valence-corrected chi connectivity index (χ4v) is 4.19. The van der Waals surface area contributed by atoms with Gasteiger partial charge in [0.15, 0.2) is 0 Å². The van der Waals surface area contributed by atoms with E-state index in [2.05, 4.69) is 12.1 Å². The molecule has 1 atom stereocenters. The highest BCUT2D eigenvalue weighted by molar-refractivity contribution is 7.99. The van der Waals surface area contributed by atoms with E-state index in [1.165, 1.54) is 11.1 Å². The number of hydrogen-bond donors (Lipinski definition) is 0. The van der Waals surface area contributed by atoms with E-state index in [4.69, 9.17) is 0 Å². The first kappa shape index (κ1) is 16.1. The van der Waals surface area contributed by atoms with Gasteiger partial charge in [-0.15, -0.1) is 11.8 Å². The molecule has 122 valence electrons. The van der Waals surface area contributed by atoms with Crippen LogP contribution < -0.4 is 0 Å². The topological polar surface area (TPSA) is 57.7 Å². The zero-order valence-corrected chi connectivity index (χ0v) is 13.8. The van der Waals surface area contributed by atoms with Crippen LogP contribution in [0.2, 0.25) is 0 Å². The van der Waals surface area contributed by atoms with E-state index >= 15 is 0 Å². The van der Waals surface area contributed by atoms with Gasteiger partial charge in [0, 0.05) is 31.7 Å². The van der Waals surface area contributed by atoms with Crippen LogP contribution in [0.5, 0.6) is 0 Å². The fourth-order valence-electron chi connectivity index (χ4n) is 3.05. The Bertz CT molecular complexity index is 620. The van der Waals surface area contributed by atoms with E-state index in [1.807, 2.05) is 17.0 Å². The molecule has 0 aliphatic carbocycles. The van der Waals surface area contributed by atoms with Crippen molar-refractivity contribution in [3.8, 4) is 0 Å². The smallest absolute Gasteiger partial charge is 0.224 e. The highest BCUT2D eigenvalue weighted by atomic mass is 32.2. The van der Waals surface area contributed by atoms with Crippen molar-refractivity contribution < 1.29 is 14.4 Å². The van der Waals surface area contributed by atoms with E-state index in [-0.39, 0.29) is 30.7 Å². The minimum Gasteiger partial charge on any atom is -0.338 e. The SMILES string of the molecule is O=C[C@@H]1CSCN1C(=O)CCC(=O)N1CCc2ccccc2C1. The van der Waals surface area contributed by atoms with Gasteiger partial charge in [0.1, 0.15) is 6.29 Å². The number of hydrogen-bond acceptors (Lipinski definition) is 4. The number of fused-ring (bicyclic) bond motifs is 1. The fraction of sp³-hybridized carbons (Fsp3) is 0.471. The Labute approximate surface area is 140 Å². The number of nitrogens with zero attached hydrogens (tertiary/aromatic N) is 2. The molecule has 2 aliphatic heterocycles. The van der Waals surface area contributed by atoms with E-state index in [9.17, 15) is 14.4 Å². The molecule has 5 nitrogen and oxygen atoms in total. The predicted molar refractivity (Wildman–Crippen MR) is 88.8 cm³/mol. The van der Waals surface area contributed by atoms with Gasteiger partial charge in [0.2, 0.25) is 11.8 Å². The summed E-state index contributed by atoms with van der Waals surface area (Å²) in [6.45, 7) is 1.33. The standard InChI is InChI=1S/C17H20N2O3S/c20-10-15-11-23-12-19(15)17(22)6-5-16(21)18-8-7-13-3-1-2-4-14(13)9-18/h1-4,10,15H,5-9,11-12H2/t15-/m1/s1. The van der Waals surface area contributed by atoms with Crippen LogP contribution >= 0.6 is 11.8 Å². The molecule has 0 N–H and O–H groups in total. The number of thioether (sulfide) groups is 1. The highest BCUT2D eigenvalue weighted by Gasteiger charge is 2.29. The van der Waals surface area contributed by atoms with Gasteiger partial charge in [-0.25, -0.2) is 0 Å². The van der Waals surface area contributed by atoms with Crippen molar-refractivity contribution >= 4 is 29.9 Å². The Morgan fingerprint density at radius 3 is 2.70 bits per heavy atom. The molecule has 2 aliphatic rings. The van der Waals surface area contributed by atoms with E-state index in [0.29, 0.717) is 24.7 Å². The van der Waals surface area contributed by atoms with Crippen molar-refractivity contribution in [1.29, 1.82) is 0 Å². The van der Waals surface area contributed by atoms with Crippen molar-refractivity contribution in [2.75, 3.05) is 18.2 Å². The molecule has 3 rings (SSSR count). The van der Waals surface area contributed by atoms with Gasteiger partial charge in [-0.2, -0.15) is 0 Å². The van der Waals surface area contributed by atoms with Gasteiger partial charge in [-0.3, -0.25) is 9.59 Å². The zero-order valence-electron chi connectivity index (χ0n) is 12.9. The molecule has 2 heterocycles. The second-order valence-corrected chi connectivity index (χ2v) is 6.90. The van der Waals surface area contributed by atoms with Gasteiger partial charge in [-0.1, -0.05) is 24.3 Å². The summed E-state index contributed by atoms with van der Waals surface area (Å²) in [5.41, 5.74) is 2.49. The molecule has 23 heavy (non-hydrogen) atoms. The first-order chi connectivity index (χ1) is 11.2. The summed E-state index contributed by atoms with van der Waals surface area (Å²) < 4.78 is 0. The normalized spacial score (nSPS) is 20.3. The number of carbonyl (C=O) groups excluding carboxylic acids is 3. The van der Waals surface area contributed by atoms with E-state index < -0.39 is 0 Å². The molecule has 0 radical (unpaired) electrons. The molecule has 0 bridgehead atoms. The minimum absolute atomic E-state index is 0.0161. The Morgan fingerprint density at radius 2 is 1.91 bits per heavy atom. The summed E-state index contributed by atoms with van der Waals surface area (Å²) in [6.07, 6.45) is 2.09. The van der Waals surface area contributed by atoms with E-state index in [0.717, 1.165) is 12.7 Å². The van der Waals surface area contributed by atoms with Gasteiger partial charge in [0.25, 0.3) is 0 Å². The lowest BCUT2D eigenvalue weighted by Gasteiger charge is -2.29. The van der Waals surface area contributed by atoms with Crippen LogP contribution in [0.3, 0.4) is 0 Å². The number of carbonyl (C=O) groups is 3. The third kappa shape index (κ3) is 3.58. The molecule has 0 spiro atoms. The maximum Gasteiger partial charge on any atom is 0.224 e. The Morgan fingerprint density at radius 1 is 1.17 bits per heavy atom. The number of rotatable bonds is 4. The summed E-state index contributed by atoms with van der Waals surface area (Å²) in [5, 5.41) is 0. The lowest BCUT2D eigenvalue weighted by Crippen LogP contribution is -2.39. The molecular weight excluding hydrogens is 312 g/mol. The molecule has 1 saturated heterocycles. The predicted octanol–water partition coefficient (Wildman–Crippen LogP) is 1.45. The second kappa shape index (κ2) is 7.17. The van der Waals surface area contributed by atoms with E-state index in [1.54, 1.807) is 16.7 Å². The summed E-state index contributed by atoms with van der Waals surface area (Å²) in [6, 6.07) is 7.83. The highest BCUT2D eigenvalue weighted by Crippen LogP contribution is 2.22. The Balaban J connectivity index is 1.52. The molecule has 6 heteroatoms. The van der Waals surface area contributed by atoms with Crippen molar-refractivity contribution in [2.45, 2.75) is 31.8 Å². The van der Waals surface area contributed by atoms with Crippen LogP contribution in [0.15, 0.2) is 24.3 Å². The molecule has 1 fully saturated rings. The average Bonchev–Trinajstić information content (AvgIpc) is 3.07. The van der Waals surface area contributed by atoms with Gasteiger partial charge < -0.3 is 14.6 Å².